The van der Waals surface area contributed by atoms with Crippen molar-refractivity contribution in [3.05, 3.63) is 24.4 Å². The summed E-state index contributed by atoms with van der Waals surface area (Å²) in [6.45, 7) is 0. The Morgan fingerprint density at radius 1 is 1.33 bits per heavy atom. The Balaban J connectivity index is 2.15. The van der Waals surface area contributed by atoms with E-state index in [2.05, 4.69) is 25.6 Å². The zero-order valence-corrected chi connectivity index (χ0v) is 6.82. The van der Waals surface area contributed by atoms with Gasteiger partial charge >= 0.3 is 0 Å². The molecule has 0 fully saturated rings. The number of tetrazole rings is 1. The van der Waals surface area contributed by atoms with Gasteiger partial charge in [-0.15, -0.1) is 10.2 Å². The minimum Gasteiger partial charge on any atom is -0.249 e. The largest absolute Gasteiger partial charge is 0.249 e. The van der Waals surface area contributed by atoms with Crippen LogP contribution in [-0.4, -0.2) is 25.6 Å². The molecule has 0 spiro atoms. The lowest BCUT2D eigenvalue weighted by Gasteiger charge is -1.91. The molecular weight excluding hydrogens is 174 g/mol. The molecule has 0 amide bonds. The van der Waals surface area contributed by atoms with Gasteiger partial charge in [-0.1, -0.05) is 6.07 Å². The number of hydrogen-bond acceptors (Lipinski definition) is 5. The zero-order chi connectivity index (χ0) is 8.23. The lowest BCUT2D eigenvalue weighted by atomic mass is 10.5. The maximum absolute atomic E-state index is 4.09. The fourth-order valence-electron chi connectivity index (χ4n) is 0.697. The van der Waals surface area contributed by atoms with E-state index in [0.29, 0.717) is 5.16 Å². The second-order valence-electron chi connectivity index (χ2n) is 1.96. The Morgan fingerprint density at radius 3 is 3.00 bits per heavy atom. The topological polar surface area (TPSA) is 67.3 Å². The maximum Gasteiger partial charge on any atom is 0.237 e. The van der Waals surface area contributed by atoms with Crippen LogP contribution in [0.25, 0.3) is 0 Å². The quantitative estimate of drug-likeness (QED) is 0.736. The molecule has 0 aliphatic carbocycles. The van der Waals surface area contributed by atoms with Crippen LogP contribution in [0.1, 0.15) is 0 Å². The average molecular weight is 179 g/mol. The molecule has 0 saturated heterocycles. The molecule has 0 aliphatic rings. The van der Waals surface area contributed by atoms with E-state index in [9.17, 15) is 0 Å². The summed E-state index contributed by atoms with van der Waals surface area (Å²) in [5, 5.41) is 14.8. The van der Waals surface area contributed by atoms with Gasteiger partial charge < -0.3 is 0 Å². The molecule has 0 unspecified atom stereocenters. The normalized spacial score (nSPS) is 10.0. The van der Waals surface area contributed by atoms with Gasteiger partial charge in [0.2, 0.25) is 5.16 Å². The highest BCUT2D eigenvalue weighted by atomic mass is 32.2. The highest BCUT2D eigenvalue weighted by Crippen LogP contribution is 2.19. The van der Waals surface area contributed by atoms with E-state index >= 15 is 0 Å². The highest BCUT2D eigenvalue weighted by Gasteiger charge is 2.00. The van der Waals surface area contributed by atoms with Gasteiger partial charge in [-0.05, 0) is 29.1 Å². The predicted octanol–water partition coefficient (Wildman–Crippen LogP) is 0.746. The minimum absolute atomic E-state index is 0.578. The van der Waals surface area contributed by atoms with Gasteiger partial charge in [0.05, 0.1) is 0 Å². The first-order valence-electron chi connectivity index (χ1n) is 3.27. The number of aromatic nitrogens is 5. The van der Waals surface area contributed by atoms with Gasteiger partial charge in [-0.25, -0.2) is 4.98 Å². The summed E-state index contributed by atoms with van der Waals surface area (Å²) in [6.07, 6.45) is 1.72. The molecule has 5 nitrogen and oxygen atoms in total. The van der Waals surface area contributed by atoms with Crippen LogP contribution in [0, 0.1) is 0 Å². The van der Waals surface area contributed by atoms with Crippen LogP contribution < -0.4 is 0 Å². The Morgan fingerprint density at radius 2 is 2.33 bits per heavy atom. The predicted molar refractivity (Wildman–Crippen MR) is 42.5 cm³/mol. The zero-order valence-electron chi connectivity index (χ0n) is 6.01. The van der Waals surface area contributed by atoms with Gasteiger partial charge in [0.15, 0.2) is 0 Å². The third-order valence-corrected chi connectivity index (χ3v) is 1.97. The lowest BCUT2D eigenvalue weighted by molar-refractivity contribution is 0.881. The molecule has 6 heteroatoms. The van der Waals surface area contributed by atoms with E-state index in [1.54, 1.807) is 6.20 Å². The molecular formula is C6H5N5S. The molecule has 0 aliphatic heterocycles. The Bertz CT molecular complexity index is 332. The summed E-state index contributed by atoms with van der Waals surface area (Å²) in [4.78, 5) is 4.09. The third kappa shape index (κ3) is 1.59. The van der Waals surface area contributed by atoms with Crippen molar-refractivity contribution in [2.75, 3.05) is 0 Å². The summed E-state index contributed by atoms with van der Waals surface area (Å²) in [5.41, 5.74) is 0. The van der Waals surface area contributed by atoms with E-state index in [4.69, 9.17) is 0 Å². The van der Waals surface area contributed by atoms with Crippen LogP contribution in [-0.2, 0) is 0 Å². The van der Waals surface area contributed by atoms with Crippen LogP contribution >= 0.6 is 11.8 Å². The molecule has 0 radical (unpaired) electrons. The Hall–Kier alpha value is -1.43. The van der Waals surface area contributed by atoms with Crippen molar-refractivity contribution in [2.24, 2.45) is 0 Å². The molecule has 0 aromatic carbocycles. The van der Waals surface area contributed by atoms with E-state index in [1.165, 1.54) is 11.8 Å². The fraction of sp³-hybridized carbons (Fsp3) is 0. The summed E-state index contributed by atoms with van der Waals surface area (Å²) in [7, 11) is 0. The first-order valence-corrected chi connectivity index (χ1v) is 4.09. The second-order valence-corrected chi connectivity index (χ2v) is 2.95. The van der Waals surface area contributed by atoms with Gasteiger partial charge in [0.1, 0.15) is 5.03 Å². The number of hydrogen-bond donors (Lipinski definition) is 1. The number of nitrogens with one attached hydrogen (secondary N) is 1. The third-order valence-electron chi connectivity index (χ3n) is 1.16. The molecule has 60 valence electrons. The van der Waals surface area contributed by atoms with Crippen LogP contribution in [0.2, 0.25) is 0 Å². The summed E-state index contributed by atoms with van der Waals surface area (Å²) < 4.78 is 0. The molecule has 0 bridgehead atoms. The Kier molecular flexibility index (Phi) is 2.00. The van der Waals surface area contributed by atoms with Crippen molar-refractivity contribution in [2.45, 2.75) is 10.2 Å². The van der Waals surface area contributed by atoms with Crippen LogP contribution in [0.5, 0.6) is 0 Å². The number of rotatable bonds is 2. The lowest BCUT2D eigenvalue weighted by Crippen LogP contribution is -1.79. The molecule has 1 N–H and O–H groups in total. The highest BCUT2D eigenvalue weighted by molar-refractivity contribution is 7.99. The van der Waals surface area contributed by atoms with Crippen LogP contribution in [0.3, 0.4) is 0 Å². The first kappa shape index (κ1) is 7.23. The van der Waals surface area contributed by atoms with E-state index in [1.807, 2.05) is 18.2 Å². The summed E-state index contributed by atoms with van der Waals surface area (Å²) in [6, 6.07) is 5.66. The van der Waals surface area contributed by atoms with Crippen molar-refractivity contribution >= 4 is 11.8 Å². The van der Waals surface area contributed by atoms with Gasteiger partial charge in [0, 0.05) is 6.20 Å². The number of aromatic amines is 1. The summed E-state index contributed by atoms with van der Waals surface area (Å²) >= 11 is 1.37. The van der Waals surface area contributed by atoms with E-state index in [-0.39, 0.29) is 0 Å². The molecule has 2 heterocycles. The second kappa shape index (κ2) is 3.31. The molecule has 2 aromatic heterocycles. The molecule has 0 atom stereocenters. The van der Waals surface area contributed by atoms with Crippen molar-refractivity contribution < 1.29 is 0 Å². The maximum atomic E-state index is 4.09. The smallest absolute Gasteiger partial charge is 0.237 e. The van der Waals surface area contributed by atoms with Crippen molar-refractivity contribution in [1.82, 2.24) is 25.6 Å². The molecule has 2 rings (SSSR count). The SMILES string of the molecule is c1ccc(Sc2nn[nH]n2)nc1. The van der Waals surface area contributed by atoms with Gasteiger partial charge in [-0.2, -0.15) is 5.21 Å². The van der Waals surface area contributed by atoms with Crippen molar-refractivity contribution in [3.8, 4) is 0 Å². The number of H-pyrrole nitrogens is 1. The molecule has 2 aromatic rings. The van der Waals surface area contributed by atoms with Gasteiger partial charge in [0.25, 0.3) is 0 Å². The van der Waals surface area contributed by atoms with Crippen LogP contribution in [0.4, 0.5) is 0 Å². The van der Waals surface area contributed by atoms with E-state index < -0.39 is 0 Å². The monoisotopic (exact) mass is 179 g/mol. The first-order chi connectivity index (χ1) is 5.95. The summed E-state index contributed by atoms with van der Waals surface area (Å²) in [5.74, 6) is 0. The fourth-order valence-corrected chi connectivity index (χ4v) is 1.31. The van der Waals surface area contributed by atoms with E-state index in [0.717, 1.165) is 5.03 Å². The average Bonchev–Trinajstić information content (AvgIpc) is 2.59. The molecule has 12 heavy (non-hydrogen) atoms. The Labute approximate surface area is 72.6 Å². The number of nitrogens with zero attached hydrogens (tertiary/aromatic N) is 4. The standard InChI is InChI=1S/C6H5N5S/c1-2-4-7-5(3-1)12-6-8-10-11-9-6/h1-4H,(H,8,9,10,11). The minimum atomic E-state index is 0.578. The van der Waals surface area contributed by atoms with Crippen molar-refractivity contribution in [3.63, 3.8) is 0 Å². The number of pyridine rings is 1. The van der Waals surface area contributed by atoms with Crippen LogP contribution in [0.15, 0.2) is 34.6 Å². The van der Waals surface area contributed by atoms with Gasteiger partial charge in [-0.3, -0.25) is 0 Å². The van der Waals surface area contributed by atoms with Crippen molar-refractivity contribution in [1.29, 1.82) is 0 Å². The molecule has 0 saturated carbocycles.